The number of esters is 1. The van der Waals surface area contributed by atoms with E-state index in [1.807, 2.05) is 0 Å². The van der Waals surface area contributed by atoms with Gasteiger partial charge in [-0.15, -0.1) is 11.6 Å². The molecule has 0 aromatic heterocycles. The summed E-state index contributed by atoms with van der Waals surface area (Å²) in [5.74, 6) is 0.734. The summed E-state index contributed by atoms with van der Waals surface area (Å²) in [6.45, 7) is 7.30. The Bertz CT molecular complexity index is 215. The molecule has 0 rings (SSSR count). The summed E-state index contributed by atoms with van der Waals surface area (Å²) < 4.78 is 4.81. The van der Waals surface area contributed by atoms with Crippen molar-refractivity contribution in [1.82, 2.24) is 5.32 Å². The average molecular weight is 234 g/mol. The van der Waals surface area contributed by atoms with Crippen LogP contribution in [0.5, 0.6) is 0 Å². The van der Waals surface area contributed by atoms with Gasteiger partial charge in [0.25, 0.3) is 0 Å². The zero-order chi connectivity index (χ0) is 11.7. The molecule has 0 amide bonds. The lowest BCUT2D eigenvalue weighted by atomic mass is 10.2. The van der Waals surface area contributed by atoms with Crippen molar-refractivity contribution in [3.05, 3.63) is 11.8 Å². The Morgan fingerprint density at radius 2 is 2.20 bits per heavy atom. The van der Waals surface area contributed by atoms with Crippen LogP contribution in [0.1, 0.15) is 27.2 Å². The van der Waals surface area contributed by atoms with Gasteiger partial charge in [0.15, 0.2) is 0 Å². The minimum atomic E-state index is -0.216. The van der Waals surface area contributed by atoms with E-state index in [0.29, 0.717) is 18.4 Å². The zero-order valence-corrected chi connectivity index (χ0v) is 10.4. The van der Waals surface area contributed by atoms with Gasteiger partial charge in [-0.2, -0.15) is 0 Å². The van der Waals surface area contributed by atoms with Gasteiger partial charge in [-0.1, -0.05) is 19.9 Å². The van der Waals surface area contributed by atoms with Gasteiger partial charge < -0.3 is 10.1 Å². The van der Waals surface area contributed by atoms with Crippen LogP contribution >= 0.6 is 11.6 Å². The molecule has 0 aliphatic rings. The number of nitrogens with one attached hydrogen (secondary N) is 1. The van der Waals surface area contributed by atoms with Crippen molar-refractivity contribution < 1.29 is 9.53 Å². The smallest absolute Gasteiger partial charge is 0.309 e. The first-order chi connectivity index (χ1) is 7.10. The van der Waals surface area contributed by atoms with Gasteiger partial charge in [0.05, 0.1) is 18.9 Å². The number of hydrogen-bond acceptors (Lipinski definition) is 3. The summed E-state index contributed by atoms with van der Waals surface area (Å²) in [5.41, 5.74) is 0.887. The van der Waals surface area contributed by atoms with Gasteiger partial charge in [-0.3, -0.25) is 4.79 Å². The Hall–Kier alpha value is -0.700. The van der Waals surface area contributed by atoms with Crippen molar-refractivity contribution in [3.8, 4) is 0 Å². The molecule has 0 saturated carbocycles. The fourth-order valence-corrected chi connectivity index (χ4v) is 1.14. The van der Waals surface area contributed by atoms with Crippen molar-refractivity contribution in [2.24, 2.45) is 5.92 Å². The fraction of sp³-hybridized carbons (Fsp3) is 0.727. The minimum Gasteiger partial charge on any atom is -0.466 e. The van der Waals surface area contributed by atoms with Crippen LogP contribution in [0.2, 0.25) is 0 Å². The maximum atomic E-state index is 11.1. The van der Waals surface area contributed by atoms with Gasteiger partial charge in [0, 0.05) is 12.2 Å². The Balaban J connectivity index is 3.93. The van der Waals surface area contributed by atoms with E-state index >= 15 is 0 Å². The van der Waals surface area contributed by atoms with Crippen molar-refractivity contribution in [2.45, 2.75) is 27.2 Å². The van der Waals surface area contributed by atoms with E-state index in [1.165, 1.54) is 0 Å². The van der Waals surface area contributed by atoms with Crippen LogP contribution in [0.25, 0.3) is 0 Å². The Morgan fingerprint density at radius 3 is 2.67 bits per heavy atom. The summed E-state index contributed by atoms with van der Waals surface area (Å²) in [4.78, 5) is 11.1. The highest BCUT2D eigenvalue weighted by Gasteiger charge is 2.01. The van der Waals surface area contributed by atoms with Gasteiger partial charge in [-0.05, 0) is 12.8 Å². The summed E-state index contributed by atoms with van der Waals surface area (Å²) in [5, 5.41) is 3.19. The molecule has 0 saturated heterocycles. The number of carbonyl (C=O) groups is 1. The monoisotopic (exact) mass is 233 g/mol. The molecule has 0 heterocycles. The molecular formula is C11H20ClNO2. The molecule has 0 aliphatic heterocycles. The van der Waals surface area contributed by atoms with E-state index in [1.54, 1.807) is 13.0 Å². The molecule has 0 radical (unpaired) electrons. The summed E-state index contributed by atoms with van der Waals surface area (Å²) in [6.07, 6.45) is 2.06. The second-order valence-electron chi connectivity index (χ2n) is 3.65. The summed E-state index contributed by atoms with van der Waals surface area (Å²) in [6, 6.07) is 0. The van der Waals surface area contributed by atoms with Crippen LogP contribution < -0.4 is 5.32 Å². The molecule has 0 unspecified atom stereocenters. The number of ether oxygens (including phenoxy) is 1. The Morgan fingerprint density at radius 1 is 1.53 bits per heavy atom. The predicted molar refractivity (Wildman–Crippen MR) is 62.9 cm³/mol. The number of rotatable bonds is 7. The largest absolute Gasteiger partial charge is 0.466 e. The van der Waals surface area contributed by atoms with Crippen LogP contribution in [0.3, 0.4) is 0 Å². The third kappa shape index (κ3) is 8.30. The SMILES string of the molecule is CCOC(=O)CC=C(CCl)NCC(C)C. The summed E-state index contributed by atoms with van der Waals surface area (Å²) in [7, 11) is 0. The first kappa shape index (κ1) is 14.3. The normalized spacial score (nSPS) is 11.7. The van der Waals surface area contributed by atoms with Crippen LogP contribution in [0, 0.1) is 5.92 Å². The number of hydrogen-bond donors (Lipinski definition) is 1. The van der Waals surface area contributed by atoms with Gasteiger partial charge in [-0.25, -0.2) is 0 Å². The number of alkyl halides is 1. The molecule has 0 fully saturated rings. The predicted octanol–water partition coefficient (Wildman–Crippen LogP) is 2.31. The molecule has 1 N–H and O–H groups in total. The highest BCUT2D eigenvalue weighted by Crippen LogP contribution is 1.99. The topological polar surface area (TPSA) is 38.3 Å². The molecule has 0 aromatic rings. The molecule has 0 aliphatic carbocycles. The molecule has 15 heavy (non-hydrogen) atoms. The first-order valence-electron chi connectivity index (χ1n) is 5.24. The van der Waals surface area contributed by atoms with Gasteiger partial charge in [0.1, 0.15) is 0 Å². The molecule has 0 atom stereocenters. The molecule has 0 spiro atoms. The lowest BCUT2D eigenvalue weighted by Crippen LogP contribution is -2.20. The van der Waals surface area contributed by atoms with Crippen molar-refractivity contribution in [1.29, 1.82) is 0 Å². The number of carbonyl (C=O) groups excluding carboxylic acids is 1. The van der Waals surface area contributed by atoms with Crippen molar-refractivity contribution >= 4 is 17.6 Å². The van der Waals surface area contributed by atoms with E-state index in [2.05, 4.69) is 19.2 Å². The zero-order valence-electron chi connectivity index (χ0n) is 9.68. The summed E-state index contributed by atoms with van der Waals surface area (Å²) >= 11 is 5.73. The molecule has 3 nitrogen and oxygen atoms in total. The molecule has 4 heteroatoms. The molecule has 0 aromatic carbocycles. The molecule has 88 valence electrons. The highest BCUT2D eigenvalue weighted by molar-refractivity contribution is 6.19. The van der Waals surface area contributed by atoms with Crippen LogP contribution in [-0.4, -0.2) is 25.0 Å². The number of halogens is 1. The van der Waals surface area contributed by atoms with E-state index in [4.69, 9.17) is 16.3 Å². The van der Waals surface area contributed by atoms with Crippen LogP contribution in [0.4, 0.5) is 0 Å². The fourth-order valence-electron chi connectivity index (χ4n) is 0.936. The highest BCUT2D eigenvalue weighted by atomic mass is 35.5. The maximum Gasteiger partial charge on any atom is 0.309 e. The van der Waals surface area contributed by atoms with Gasteiger partial charge >= 0.3 is 5.97 Å². The van der Waals surface area contributed by atoms with Crippen LogP contribution in [-0.2, 0) is 9.53 Å². The minimum absolute atomic E-state index is 0.216. The lowest BCUT2D eigenvalue weighted by Gasteiger charge is -2.10. The van der Waals surface area contributed by atoms with Gasteiger partial charge in [0.2, 0.25) is 0 Å². The van der Waals surface area contributed by atoms with Crippen LogP contribution in [0.15, 0.2) is 11.8 Å². The average Bonchev–Trinajstić information content (AvgIpc) is 2.18. The Labute approximate surface area is 96.8 Å². The van der Waals surface area contributed by atoms with E-state index in [-0.39, 0.29) is 12.4 Å². The number of allylic oxidation sites excluding steroid dienone is 1. The first-order valence-corrected chi connectivity index (χ1v) is 5.78. The second kappa shape index (κ2) is 8.60. The third-order valence-electron chi connectivity index (χ3n) is 1.70. The van der Waals surface area contributed by atoms with E-state index in [9.17, 15) is 4.79 Å². The molecular weight excluding hydrogens is 214 g/mol. The third-order valence-corrected chi connectivity index (χ3v) is 1.99. The Kier molecular flexibility index (Phi) is 8.19. The molecule has 0 bridgehead atoms. The second-order valence-corrected chi connectivity index (χ2v) is 3.91. The van der Waals surface area contributed by atoms with E-state index < -0.39 is 0 Å². The lowest BCUT2D eigenvalue weighted by molar-refractivity contribution is -0.142. The van der Waals surface area contributed by atoms with Crippen molar-refractivity contribution in [2.75, 3.05) is 19.0 Å². The van der Waals surface area contributed by atoms with E-state index in [0.717, 1.165) is 12.2 Å². The van der Waals surface area contributed by atoms with Crippen molar-refractivity contribution in [3.63, 3.8) is 0 Å². The quantitative estimate of drug-likeness (QED) is 0.542. The maximum absolute atomic E-state index is 11.1. The standard InChI is InChI=1S/C11H20ClNO2/c1-4-15-11(14)6-5-10(7-12)13-8-9(2)3/h5,9,13H,4,6-8H2,1-3H3.